The molecule has 1 aliphatic rings. The lowest BCUT2D eigenvalue weighted by Gasteiger charge is -2.24. The molecule has 1 amide bonds. The number of hydrogen-bond acceptors (Lipinski definition) is 2. The van der Waals surface area contributed by atoms with Crippen molar-refractivity contribution in [3.8, 4) is 11.1 Å². The monoisotopic (exact) mass is 292 g/mol. The van der Waals surface area contributed by atoms with E-state index < -0.39 is 11.7 Å². The van der Waals surface area contributed by atoms with Gasteiger partial charge in [0.15, 0.2) is 0 Å². The summed E-state index contributed by atoms with van der Waals surface area (Å²) < 4.78 is 40.5. The molecule has 0 atom stereocenters. The number of nitrogens with one attached hydrogen (secondary N) is 1. The predicted molar refractivity (Wildman–Crippen MR) is 71.6 cm³/mol. The summed E-state index contributed by atoms with van der Waals surface area (Å²) in [6.45, 7) is 0. The first kappa shape index (κ1) is 13.6. The van der Waals surface area contributed by atoms with Crippen molar-refractivity contribution in [2.45, 2.75) is 19.0 Å². The molecule has 1 N–H and O–H groups in total. The summed E-state index contributed by atoms with van der Waals surface area (Å²) in [6, 6.07) is 6.08. The van der Waals surface area contributed by atoms with Crippen LogP contribution in [0.25, 0.3) is 11.1 Å². The Labute approximate surface area is 118 Å². The van der Waals surface area contributed by atoms with Crippen LogP contribution in [0, 0.1) is 0 Å². The Morgan fingerprint density at radius 1 is 1.14 bits per heavy atom. The van der Waals surface area contributed by atoms with Gasteiger partial charge in [0.05, 0.1) is 5.56 Å². The number of alkyl halides is 3. The van der Waals surface area contributed by atoms with Gasteiger partial charge in [-0.05, 0) is 29.7 Å². The first-order valence-corrected chi connectivity index (χ1v) is 6.40. The molecule has 0 unspecified atom stereocenters. The number of pyridine rings is 1. The molecule has 0 fully saturated rings. The van der Waals surface area contributed by atoms with Gasteiger partial charge in [0.2, 0.25) is 5.91 Å². The number of benzene rings is 1. The van der Waals surface area contributed by atoms with E-state index in [2.05, 4.69) is 10.3 Å². The van der Waals surface area contributed by atoms with E-state index in [9.17, 15) is 18.0 Å². The minimum Gasteiger partial charge on any atom is -0.326 e. The third-order valence-corrected chi connectivity index (χ3v) is 3.45. The van der Waals surface area contributed by atoms with E-state index in [4.69, 9.17) is 0 Å². The molecule has 0 spiro atoms. The fraction of sp³-hybridized carbons (Fsp3) is 0.200. The Hall–Kier alpha value is -2.37. The highest BCUT2D eigenvalue weighted by Gasteiger charge is 2.38. The summed E-state index contributed by atoms with van der Waals surface area (Å²) in [5.41, 5.74) is 0.192. The lowest BCUT2D eigenvalue weighted by molar-refractivity contribution is -0.138. The van der Waals surface area contributed by atoms with Crippen molar-refractivity contribution in [2.75, 3.05) is 5.32 Å². The first-order valence-electron chi connectivity index (χ1n) is 6.40. The van der Waals surface area contributed by atoms with E-state index in [1.165, 1.54) is 24.5 Å². The minimum absolute atomic E-state index is 0.0621. The van der Waals surface area contributed by atoms with Crippen LogP contribution in [0.3, 0.4) is 0 Å². The zero-order valence-corrected chi connectivity index (χ0v) is 10.9. The van der Waals surface area contributed by atoms with Gasteiger partial charge in [-0.25, -0.2) is 0 Å². The second-order valence-electron chi connectivity index (χ2n) is 4.80. The average molecular weight is 292 g/mol. The number of halogens is 3. The van der Waals surface area contributed by atoms with Crippen molar-refractivity contribution in [3.05, 3.63) is 47.8 Å². The van der Waals surface area contributed by atoms with Crippen LogP contribution in [0.4, 0.5) is 18.9 Å². The van der Waals surface area contributed by atoms with Crippen LogP contribution < -0.4 is 5.32 Å². The van der Waals surface area contributed by atoms with Gasteiger partial charge in [0.1, 0.15) is 0 Å². The number of aromatic nitrogens is 1. The zero-order chi connectivity index (χ0) is 15.0. The van der Waals surface area contributed by atoms with Crippen LogP contribution in [0.5, 0.6) is 0 Å². The predicted octanol–water partition coefficient (Wildman–Crippen LogP) is 3.65. The quantitative estimate of drug-likeness (QED) is 0.871. The standard InChI is InChI=1S/C15H11F3N2O/c16-15(17,18)14-10(9-2-1-7-19-8-9)3-5-12-11(14)4-6-13(21)20-12/h1-3,5,7-8H,4,6H2,(H,20,21). The van der Waals surface area contributed by atoms with Gasteiger partial charge in [0, 0.05) is 30.1 Å². The molecule has 0 aliphatic carbocycles. The smallest absolute Gasteiger partial charge is 0.326 e. The summed E-state index contributed by atoms with van der Waals surface area (Å²) in [4.78, 5) is 15.2. The molecule has 108 valence electrons. The topological polar surface area (TPSA) is 42.0 Å². The lowest BCUT2D eigenvalue weighted by Crippen LogP contribution is -2.23. The van der Waals surface area contributed by atoms with Crippen LogP contribution in [0.2, 0.25) is 0 Å². The molecule has 2 aromatic rings. The van der Waals surface area contributed by atoms with Gasteiger partial charge < -0.3 is 5.32 Å². The number of anilines is 1. The lowest BCUT2D eigenvalue weighted by atomic mass is 9.90. The molecule has 0 bridgehead atoms. The van der Waals surface area contributed by atoms with E-state index >= 15 is 0 Å². The Bertz CT molecular complexity index is 696. The van der Waals surface area contributed by atoms with Crippen LogP contribution in [0.1, 0.15) is 17.5 Å². The van der Waals surface area contributed by atoms with Crippen LogP contribution >= 0.6 is 0 Å². The summed E-state index contributed by atoms with van der Waals surface area (Å²) in [6.07, 6.45) is -1.43. The number of nitrogens with zero attached hydrogens (tertiary/aromatic N) is 1. The molecule has 0 saturated carbocycles. The van der Waals surface area contributed by atoms with Crippen LogP contribution in [-0.2, 0) is 17.4 Å². The highest BCUT2D eigenvalue weighted by Crippen LogP contribution is 2.43. The van der Waals surface area contributed by atoms with Crippen molar-refractivity contribution in [1.29, 1.82) is 0 Å². The maximum atomic E-state index is 13.5. The third-order valence-electron chi connectivity index (χ3n) is 3.45. The number of carbonyl (C=O) groups excluding carboxylic acids is 1. The summed E-state index contributed by atoms with van der Waals surface area (Å²) in [5.74, 6) is -0.259. The van der Waals surface area contributed by atoms with Gasteiger partial charge >= 0.3 is 6.18 Å². The van der Waals surface area contributed by atoms with Gasteiger partial charge in [-0.3, -0.25) is 9.78 Å². The number of fused-ring (bicyclic) bond motifs is 1. The molecule has 1 aromatic heterocycles. The molecule has 0 radical (unpaired) electrons. The molecule has 1 aromatic carbocycles. The molecule has 3 nitrogen and oxygen atoms in total. The second kappa shape index (κ2) is 4.87. The number of rotatable bonds is 1. The molecule has 1 aliphatic heterocycles. The number of carbonyl (C=O) groups is 1. The van der Waals surface area contributed by atoms with Crippen molar-refractivity contribution in [3.63, 3.8) is 0 Å². The zero-order valence-electron chi connectivity index (χ0n) is 10.9. The highest BCUT2D eigenvalue weighted by atomic mass is 19.4. The van der Waals surface area contributed by atoms with Crippen molar-refractivity contribution >= 4 is 11.6 Å². The van der Waals surface area contributed by atoms with E-state index in [1.807, 2.05) is 0 Å². The van der Waals surface area contributed by atoms with Crippen molar-refractivity contribution < 1.29 is 18.0 Å². The van der Waals surface area contributed by atoms with E-state index in [0.717, 1.165) is 0 Å². The Balaban J connectivity index is 2.25. The molecule has 2 heterocycles. The SMILES string of the molecule is O=C1CCc2c(ccc(-c3cccnc3)c2C(F)(F)F)N1. The second-order valence-corrected chi connectivity index (χ2v) is 4.80. The summed E-state index contributed by atoms with van der Waals surface area (Å²) in [7, 11) is 0. The highest BCUT2D eigenvalue weighted by molar-refractivity contribution is 5.95. The van der Waals surface area contributed by atoms with Gasteiger partial charge in [-0.15, -0.1) is 0 Å². The Morgan fingerprint density at radius 2 is 1.95 bits per heavy atom. The Kier molecular flexibility index (Phi) is 3.16. The third kappa shape index (κ3) is 2.49. The number of hydrogen-bond donors (Lipinski definition) is 1. The normalized spacial score (nSPS) is 14.5. The summed E-state index contributed by atoms with van der Waals surface area (Å²) in [5, 5.41) is 2.50. The average Bonchev–Trinajstić information content (AvgIpc) is 2.45. The maximum Gasteiger partial charge on any atom is 0.417 e. The van der Waals surface area contributed by atoms with Gasteiger partial charge in [-0.1, -0.05) is 12.1 Å². The minimum atomic E-state index is -4.49. The Morgan fingerprint density at radius 3 is 2.62 bits per heavy atom. The van der Waals surface area contributed by atoms with Crippen molar-refractivity contribution in [1.82, 2.24) is 4.98 Å². The molecule has 3 rings (SSSR count). The molecular formula is C15H11F3N2O. The van der Waals surface area contributed by atoms with Crippen LogP contribution in [0.15, 0.2) is 36.7 Å². The first-order chi connectivity index (χ1) is 9.97. The summed E-state index contributed by atoms with van der Waals surface area (Å²) >= 11 is 0. The van der Waals surface area contributed by atoms with Crippen LogP contribution in [-0.4, -0.2) is 10.9 Å². The molecule has 0 saturated heterocycles. The fourth-order valence-corrected chi connectivity index (χ4v) is 2.56. The van der Waals surface area contributed by atoms with E-state index in [0.29, 0.717) is 5.56 Å². The van der Waals surface area contributed by atoms with E-state index in [-0.39, 0.29) is 35.6 Å². The molecule has 6 heteroatoms. The molecule has 21 heavy (non-hydrogen) atoms. The molecular weight excluding hydrogens is 281 g/mol. The van der Waals surface area contributed by atoms with Crippen molar-refractivity contribution in [2.24, 2.45) is 0 Å². The van der Waals surface area contributed by atoms with E-state index in [1.54, 1.807) is 12.1 Å². The largest absolute Gasteiger partial charge is 0.417 e. The van der Waals surface area contributed by atoms with Gasteiger partial charge in [-0.2, -0.15) is 13.2 Å². The van der Waals surface area contributed by atoms with Gasteiger partial charge in [0.25, 0.3) is 0 Å². The fourth-order valence-electron chi connectivity index (χ4n) is 2.56. The number of amides is 1. The maximum absolute atomic E-state index is 13.5.